The Kier molecular flexibility index (Phi) is 2.33. The van der Waals surface area contributed by atoms with Crippen molar-refractivity contribution in [2.75, 3.05) is 7.11 Å². The molecule has 1 aliphatic carbocycles. The molecule has 14 heavy (non-hydrogen) atoms. The first-order valence-electron chi connectivity index (χ1n) is 4.59. The average Bonchev–Trinajstić information content (AvgIpc) is 2.61. The topological polar surface area (TPSA) is 38.7 Å². The third kappa shape index (κ3) is 1.42. The number of isocyanates is 1. The summed E-state index contributed by atoms with van der Waals surface area (Å²) in [6.45, 7) is 0. The van der Waals surface area contributed by atoms with Gasteiger partial charge in [0.15, 0.2) is 0 Å². The van der Waals surface area contributed by atoms with Gasteiger partial charge in [-0.15, -0.1) is 0 Å². The second-order valence-corrected chi connectivity index (χ2v) is 3.34. The molecule has 3 heteroatoms. The molecule has 1 unspecified atom stereocenters. The summed E-state index contributed by atoms with van der Waals surface area (Å²) in [7, 11) is 1.63. The van der Waals surface area contributed by atoms with Crippen LogP contribution in [0.5, 0.6) is 5.75 Å². The zero-order valence-electron chi connectivity index (χ0n) is 7.99. The molecule has 0 heterocycles. The van der Waals surface area contributed by atoms with Gasteiger partial charge in [0, 0.05) is 0 Å². The molecule has 0 saturated heterocycles. The van der Waals surface area contributed by atoms with Crippen molar-refractivity contribution < 1.29 is 9.53 Å². The van der Waals surface area contributed by atoms with Crippen molar-refractivity contribution in [3.63, 3.8) is 0 Å². The van der Waals surface area contributed by atoms with Gasteiger partial charge in [0.2, 0.25) is 6.08 Å². The van der Waals surface area contributed by atoms with E-state index in [-0.39, 0.29) is 6.04 Å². The lowest BCUT2D eigenvalue weighted by Gasteiger charge is -2.06. The highest BCUT2D eigenvalue weighted by Crippen LogP contribution is 2.35. The normalized spacial score (nSPS) is 18.5. The second kappa shape index (κ2) is 3.64. The number of hydrogen-bond acceptors (Lipinski definition) is 3. The van der Waals surface area contributed by atoms with Crippen molar-refractivity contribution in [1.82, 2.24) is 0 Å². The van der Waals surface area contributed by atoms with Crippen LogP contribution in [0.15, 0.2) is 23.2 Å². The molecular weight excluding hydrogens is 178 g/mol. The van der Waals surface area contributed by atoms with E-state index in [2.05, 4.69) is 4.99 Å². The van der Waals surface area contributed by atoms with Crippen LogP contribution in [-0.2, 0) is 11.2 Å². The van der Waals surface area contributed by atoms with Crippen molar-refractivity contribution in [3.05, 3.63) is 29.3 Å². The fourth-order valence-electron chi connectivity index (χ4n) is 1.88. The lowest BCUT2D eigenvalue weighted by molar-refractivity contribution is 0.414. The summed E-state index contributed by atoms with van der Waals surface area (Å²) in [5, 5.41) is 0. The zero-order chi connectivity index (χ0) is 9.97. The molecule has 0 bridgehead atoms. The minimum absolute atomic E-state index is 0.0161. The summed E-state index contributed by atoms with van der Waals surface area (Å²) in [5.41, 5.74) is 2.36. The van der Waals surface area contributed by atoms with Gasteiger partial charge in [-0.3, -0.25) is 0 Å². The number of rotatable bonds is 2. The van der Waals surface area contributed by atoms with Gasteiger partial charge in [0.05, 0.1) is 13.2 Å². The quantitative estimate of drug-likeness (QED) is 0.527. The molecule has 0 aliphatic heterocycles. The Balaban J connectivity index is 2.41. The first-order chi connectivity index (χ1) is 6.85. The zero-order valence-corrected chi connectivity index (χ0v) is 7.99. The summed E-state index contributed by atoms with van der Waals surface area (Å²) in [6.07, 6.45) is 3.50. The van der Waals surface area contributed by atoms with E-state index in [1.165, 1.54) is 5.56 Å². The lowest BCUT2D eigenvalue weighted by atomic mass is 10.1. The minimum Gasteiger partial charge on any atom is -0.497 e. The molecule has 1 aromatic rings. The molecule has 72 valence electrons. The number of aliphatic imine (C=N–C) groups is 1. The summed E-state index contributed by atoms with van der Waals surface area (Å²) < 4.78 is 5.13. The van der Waals surface area contributed by atoms with Crippen LogP contribution >= 0.6 is 0 Å². The van der Waals surface area contributed by atoms with E-state index in [9.17, 15) is 4.79 Å². The van der Waals surface area contributed by atoms with Crippen LogP contribution in [0.3, 0.4) is 0 Å². The van der Waals surface area contributed by atoms with E-state index in [1.807, 2.05) is 18.2 Å². The maximum absolute atomic E-state index is 10.2. The predicted molar refractivity (Wildman–Crippen MR) is 52.2 cm³/mol. The van der Waals surface area contributed by atoms with Gasteiger partial charge < -0.3 is 4.74 Å². The number of methoxy groups -OCH3 is 1. The van der Waals surface area contributed by atoms with Crippen molar-refractivity contribution in [3.8, 4) is 5.75 Å². The van der Waals surface area contributed by atoms with Gasteiger partial charge >= 0.3 is 0 Å². The standard InChI is InChI=1S/C11H11NO2/c1-14-9-4-2-8-3-5-11(12-7-13)10(8)6-9/h2,4,6,11H,3,5H2,1H3. The van der Waals surface area contributed by atoms with Crippen LogP contribution in [-0.4, -0.2) is 13.2 Å². The van der Waals surface area contributed by atoms with Gasteiger partial charge in [-0.05, 0) is 36.1 Å². The first kappa shape index (κ1) is 8.97. The maximum atomic E-state index is 10.2. The molecule has 0 amide bonds. The number of nitrogens with zero attached hydrogens (tertiary/aromatic N) is 1. The fraction of sp³-hybridized carbons (Fsp3) is 0.364. The van der Waals surface area contributed by atoms with E-state index in [0.717, 1.165) is 24.2 Å². The Morgan fingerprint density at radius 1 is 1.57 bits per heavy atom. The average molecular weight is 189 g/mol. The molecule has 1 aliphatic rings. The number of hydrogen-bond donors (Lipinski definition) is 0. The van der Waals surface area contributed by atoms with Gasteiger partial charge in [-0.25, -0.2) is 4.79 Å². The first-order valence-corrected chi connectivity index (χ1v) is 4.59. The molecule has 1 atom stereocenters. The van der Waals surface area contributed by atoms with Gasteiger partial charge in [0.25, 0.3) is 0 Å². The van der Waals surface area contributed by atoms with Crippen molar-refractivity contribution in [2.45, 2.75) is 18.9 Å². The van der Waals surface area contributed by atoms with Crippen molar-refractivity contribution in [1.29, 1.82) is 0 Å². The Labute approximate surface area is 82.4 Å². The van der Waals surface area contributed by atoms with Gasteiger partial charge in [-0.2, -0.15) is 4.99 Å². The predicted octanol–water partition coefficient (Wildman–Crippen LogP) is 2.02. The summed E-state index contributed by atoms with van der Waals surface area (Å²) >= 11 is 0. The van der Waals surface area contributed by atoms with Crippen LogP contribution in [0.1, 0.15) is 23.6 Å². The Morgan fingerprint density at radius 2 is 2.43 bits per heavy atom. The molecule has 0 spiro atoms. The van der Waals surface area contributed by atoms with Gasteiger partial charge in [-0.1, -0.05) is 6.07 Å². The monoisotopic (exact) mass is 189 g/mol. The van der Waals surface area contributed by atoms with Crippen molar-refractivity contribution >= 4 is 6.08 Å². The Hall–Kier alpha value is -1.60. The van der Waals surface area contributed by atoms with E-state index in [0.29, 0.717) is 0 Å². The number of carbonyl (C=O) groups excluding carboxylic acids is 1. The molecular formula is C11H11NO2. The number of benzene rings is 1. The van der Waals surface area contributed by atoms with Crippen LogP contribution in [0.2, 0.25) is 0 Å². The van der Waals surface area contributed by atoms with Crippen LogP contribution in [0.4, 0.5) is 0 Å². The third-order valence-electron chi connectivity index (χ3n) is 2.61. The number of aryl methyl sites for hydroxylation is 1. The maximum Gasteiger partial charge on any atom is 0.235 e. The highest BCUT2D eigenvalue weighted by atomic mass is 16.5. The summed E-state index contributed by atoms with van der Waals surface area (Å²) in [5.74, 6) is 0.816. The Morgan fingerprint density at radius 3 is 3.14 bits per heavy atom. The highest BCUT2D eigenvalue weighted by molar-refractivity contribution is 5.43. The van der Waals surface area contributed by atoms with E-state index in [4.69, 9.17) is 4.74 Å². The lowest BCUT2D eigenvalue weighted by Crippen LogP contribution is -1.90. The highest BCUT2D eigenvalue weighted by Gasteiger charge is 2.22. The smallest absolute Gasteiger partial charge is 0.235 e. The molecule has 0 fully saturated rings. The summed E-state index contributed by atoms with van der Waals surface area (Å²) in [4.78, 5) is 14.0. The molecule has 3 nitrogen and oxygen atoms in total. The molecule has 0 radical (unpaired) electrons. The molecule has 0 saturated carbocycles. The van der Waals surface area contributed by atoms with Crippen molar-refractivity contribution in [2.24, 2.45) is 4.99 Å². The number of fused-ring (bicyclic) bond motifs is 1. The molecule has 1 aromatic carbocycles. The molecule has 0 aromatic heterocycles. The minimum atomic E-state index is -0.0161. The fourth-order valence-corrected chi connectivity index (χ4v) is 1.88. The Bertz CT molecular complexity index is 394. The van der Waals surface area contributed by atoms with Crippen LogP contribution in [0, 0.1) is 0 Å². The van der Waals surface area contributed by atoms with Crippen LogP contribution < -0.4 is 4.74 Å². The molecule has 2 rings (SSSR count). The largest absolute Gasteiger partial charge is 0.497 e. The summed E-state index contributed by atoms with van der Waals surface area (Å²) in [6, 6.07) is 5.91. The van der Waals surface area contributed by atoms with E-state index >= 15 is 0 Å². The van der Waals surface area contributed by atoms with Crippen LogP contribution in [0.25, 0.3) is 0 Å². The van der Waals surface area contributed by atoms with Gasteiger partial charge in [0.1, 0.15) is 5.75 Å². The second-order valence-electron chi connectivity index (χ2n) is 3.34. The molecule has 0 N–H and O–H groups in total. The van der Waals surface area contributed by atoms with E-state index in [1.54, 1.807) is 13.2 Å². The SMILES string of the molecule is COc1ccc2c(c1)C(N=C=O)CC2. The number of ether oxygens (including phenoxy) is 1. The van der Waals surface area contributed by atoms with E-state index < -0.39 is 0 Å². The third-order valence-corrected chi connectivity index (χ3v) is 2.61.